The third kappa shape index (κ3) is 6.47. The second kappa shape index (κ2) is 8.68. The molecule has 0 heterocycles. The van der Waals surface area contributed by atoms with Crippen molar-refractivity contribution in [3.8, 4) is 0 Å². The summed E-state index contributed by atoms with van der Waals surface area (Å²) in [4.78, 5) is 11.2. The molecule has 0 bridgehead atoms. The smallest absolute Gasteiger partial charge is 0.325 e. The summed E-state index contributed by atoms with van der Waals surface area (Å²) < 4.78 is 10.1. The summed E-state index contributed by atoms with van der Waals surface area (Å²) in [6, 6.07) is -0.358. The highest BCUT2D eigenvalue weighted by Gasteiger charge is 2.16. The van der Waals surface area contributed by atoms with E-state index in [4.69, 9.17) is 4.74 Å². The van der Waals surface area contributed by atoms with Crippen molar-refractivity contribution in [1.29, 1.82) is 0 Å². The first-order valence-electron chi connectivity index (χ1n) is 5.48. The number of hydrogen-bond donors (Lipinski definition) is 1. The van der Waals surface area contributed by atoms with Gasteiger partial charge in [-0.05, 0) is 19.4 Å². The Labute approximate surface area is 92.3 Å². The number of nitrogens with one attached hydrogen (secondary N) is 1. The van der Waals surface area contributed by atoms with Gasteiger partial charge in [-0.25, -0.2) is 0 Å². The Hall–Kier alpha value is -0.610. The van der Waals surface area contributed by atoms with Crippen LogP contribution in [0, 0.1) is 5.92 Å². The van der Waals surface area contributed by atoms with Gasteiger partial charge in [0.25, 0.3) is 0 Å². The molecule has 0 aromatic heterocycles. The zero-order valence-corrected chi connectivity index (χ0v) is 10.2. The Balaban J connectivity index is 3.67. The average molecular weight is 217 g/mol. The minimum absolute atomic E-state index is 0.277. The van der Waals surface area contributed by atoms with E-state index >= 15 is 0 Å². The van der Waals surface area contributed by atoms with Crippen LogP contribution in [0.15, 0.2) is 0 Å². The van der Waals surface area contributed by atoms with Crippen LogP contribution in [0.3, 0.4) is 0 Å². The Morgan fingerprint density at radius 3 is 2.53 bits per heavy atom. The average Bonchev–Trinajstić information content (AvgIpc) is 2.24. The lowest BCUT2D eigenvalue weighted by Gasteiger charge is -2.16. The quantitative estimate of drug-likeness (QED) is 0.621. The minimum atomic E-state index is -0.358. The number of carbonyl (C=O) groups excluding carboxylic acids is 1. The van der Waals surface area contributed by atoms with E-state index in [0.29, 0.717) is 19.1 Å². The fourth-order valence-corrected chi connectivity index (χ4v) is 1.37. The SMILES string of the molecule is CCCC(C)COCC(NC)C(=O)OC. The third-order valence-corrected chi connectivity index (χ3v) is 2.30. The maximum atomic E-state index is 11.2. The number of hydrogen-bond acceptors (Lipinski definition) is 4. The third-order valence-electron chi connectivity index (χ3n) is 2.30. The van der Waals surface area contributed by atoms with Crippen molar-refractivity contribution in [3.05, 3.63) is 0 Å². The molecule has 0 aliphatic heterocycles. The van der Waals surface area contributed by atoms with Crippen LogP contribution < -0.4 is 5.32 Å². The predicted molar refractivity (Wildman–Crippen MR) is 59.8 cm³/mol. The van der Waals surface area contributed by atoms with Crippen molar-refractivity contribution in [2.45, 2.75) is 32.7 Å². The Bertz CT molecular complexity index is 173. The molecular weight excluding hydrogens is 194 g/mol. The Morgan fingerprint density at radius 1 is 1.40 bits per heavy atom. The van der Waals surface area contributed by atoms with Crippen molar-refractivity contribution in [2.24, 2.45) is 5.92 Å². The molecular formula is C11H23NO3. The van der Waals surface area contributed by atoms with E-state index in [2.05, 4.69) is 23.9 Å². The molecule has 0 saturated carbocycles. The molecule has 0 fully saturated rings. The van der Waals surface area contributed by atoms with E-state index in [1.165, 1.54) is 7.11 Å². The van der Waals surface area contributed by atoms with Crippen LogP contribution in [0.25, 0.3) is 0 Å². The monoisotopic (exact) mass is 217 g/mol. The molecule has 0 aromatic carbocycles. The first-order valence-corrected chi connectivity index (χ1v) is 5.48. The molecule has 15 heavy (non-hydrogen) atoms. The van der Waals surface area contributed by atoms with Crippen molar-refractivity contribution in [3.63, 3.8) is 0 Å². The van der Waals surface area contributed by atoms with Gasteiger partial charge in [0.15, 0.2) is 0 Å². The van der Waals surface area contributed by atoms with Gasteiger partial charge in [0.1, 0.15) is 6.04 Å². The van der Waals surface area contributed by atoms with Crippen LogP contribution in [-0.2, 0) is 14.3 Å². The van der Waals surface area contributed by atoms with Gasteiger partial charge in [-0.3, -0.25) is 4.79 Å². The lowest BCUT2D eigenvalue weighted by molar-refractivity contribution is -0.144. The van der Waals surface area contributed by atoms with Crippen LogP contribution in [0.4, 0.5) is 0 Å². The normalized spacial score (nSPS) is 14.7. The number of ether oxygens (including phenoxy) is 2. The zero-order chi connectivity index (χ0) is 11.7. The van der Waals surface area contributed by atoms with Gasteiger partial charge in [-0.1, -0.05) is 20.3 Å². The highest BCUT2D eigenvalue weighted by Crippen LogP contribution is 2.05. The number of rotatable bonds is 8. The highest BCUT2D eigenvalue weighted by molar-refractivity contribution is 5.75. The van der Waals surface area contributed by atoms with Crippen molar-refractivity contribution < 1.29 is 14.3 Å². The van der Waals surface area contributed by atoms with E-state index in [0.717, 1.165) is 12.8 Å². The lowest BCUT2D eigenvalue weighted by atomic mass is 10.1. The molecule has 4 heteroatoms. The summed E-state index contributed by atoms with van der Waals surface area (Å²) in [6.45, 7) is 5.37. The molecule has 0 saturated heterocycles. The summed E-state index contributed by atoms with van der Waals surface area (Å²) in [5.74, 6) is 0.269. The molecule has 0 aliphatic rings. The van der Waals surface area contributed by atoms with Gasteiger partial charge in [-0.15, -0.1) is 0 Å². The van der Waals surface area contributed by atoms with Crippen molar-refractivity contribution in [2.75, 3.05) is 27.4 Å². The Kier molecular flexibility index (Phi) is 8.33. The first-order chi connectivity index (χ1) is 7.15. The lowest BCUT2D eigenvalue weighted by Crippen LogP contribution is -2.39. The summed E-state index contributed by atoms with van der Waals surface area (Å²) in [5.41, 5.74) is 0. The van der Waals surface area contributed by atoms with Crippen molar-refractivity contribution >= 4 is 5.97 Å². The number of esters is 1. The zero-order valence-electron chi connectivity index (χ0n) is 10.2. The summed E-state index contributed by atoms with van der Waals surface area (Å²) in [6.07, 6.45) is 2.32. The second-order valence-corrected chi connectivity index (χ2v) is 3.80. The van der Waals surface area contributed by atoms with Gasteiger partial charge in [0, 0.05) is 6.61 Å². The predicted octanol–water partition coefficient (Wildman–Crippen LogP) is 1.20. The highest BCUT2D eigenvalue weighted by atomic mass is 16.5. The summed E-state index contributed by atoms with van der Waals surface area (Å²) >= 11 is 0. The number of methoxy groups -OCH3 is 1. The molecule has 90 valence electrons. The van der Waals surface area contributed by atoms with Crippen LogP contribution in [0.1, 0.15) is 26.7 Å². The maximum absolute atomic E-state index is 11.2. The fraction of sp³-hybridized carbons (Fsp3) is 0.909. The first kappa shape index (κ1) is 14.4. The molecule has 0 radical (unpaired) electrons. The minimum Gasteiger partial charge on any atom is -0.468 e. The maximum Gasteiger partial charge on any atom is 0.325 e. The van der Waals surface area contributed by atoms with Gasteiger partial charge < -0.3 is 14.8 Å². The summed E-state index contributed by atoms with van der Waals surface area (Å²) in [5, 5.41) is 2.86. The largest absolute Gasteiger partial charge is 0.468 e. The molecule has 0 amide bonds. The van der Waals surface area contributed by atoms with Gasteiger partial charge in [0.2, 0.25) is 0 Å². The van der Waals surface area contributed by atoms with Gasteiger partial charge in [-0.2, -0.15) is 0 Å². The fourth-order valence-electron chi connectivity index (χ4n) is 1.37. The molecule has 2 atom stereocenters. The van der Waals surface area contributed by atoms with E-state index in [1.807, 2.05) is 0 Å². The topological polar surface area (TPSA) is 47.6 Å². The molecule has 4 nitrogen and oxygen atoms in total. The standard InChI is InChI=1S/C11H23NO3/c1-5-6-9(2)7-15-8-10(12-3)11(13)14-4/h9-10,12H,5-8H2,1-4H3. The van der Waals surface area contributed by atoms with Crippen LogP contribution >= 0.6 is 0 Å². The summed E-state index contributed by atoms with van der Waals surface area (Å²) in [7, 11) is 3.10. The van der Waals surface area contributed by atoms with E-state index < -0.39 is 0 Å². The van der Waals surface area contributed by atoms with Gasteiger partial charge in [0.05, 0.1) is 13.7 Å². The van der Waals surface area contributed by atoms with E-state index in [1.54, 1.807) is 7.05 Å². The molecule has 0 rings (SSSR count). The van der Waals surface area contributed by atoms with Crippen LogP contribution in [-0.4, -0.2) is 39.4 Å². The Morgan fingerprint density at radius 2 is 2.07 bits per heavy atom. The molecule has 0 spiro atoms. The molecule has 1 N–H and O–H groups in total. The van der Waals surface area contributed by atoms with Crippen molar-refractivity contribution in [1.82, 2.24) is 5.32 Å². The van der Waals surface area contributed by atoms with Crippen LogP contribution in [0.2, 0.25) is 0 Å². The molecule has 2 unspecified atom stereocenters. The molecule has 0 aromatic rings. The van der Waals surface area contributed by atoms with Crippen LogP contribution in [0.5, 0.6) is 0 Å². The number of carbonyl (C=O) groups is 1. The molecule has 0 aliphatic carbocycles. The van der Waals surface area contributed by atoms with E-state index in [9.17, 15) is 4.79 Å². The second-order valence-electron chi connectivity index (χ2n) is 3.80. The number of likely N-dealkylation sites (N-methyl/N-ethyl adjacent to an activating group) is 1. The van der Waals surface area contributed by atoms with E-state index in [-0.39, 0.29) is 12.0 Å². The van der Waals surface area contributed by atoms with Gasteiger partial charge >= 0.3 is 5.97 Å².